The van der Waals surface area contributed by atoms with Gasteiger partial charge in [0.25, 0.3) is 5.91 Å². The lowest BCUT2D eigenvalue weighted by molar-refractivity contribution is 0.0940. The Bertz CT molecular complexity index is 510. The van der Waals surface area contributed by atoms with E-state index in [0.29, 0.717) is 5.56 Å². The molecule has 1 aromatic carbocycles. The molecule has 0 spiro atoms. The molecule has 0 aliphatic carbocycles. The molecule has 2 aromatic rings. The third-order valence-corrected chi connectivity index (χ3v) is 3.95. The second-order valence-corrected chi connectivity index (χ2v) is 5.62. The number of thiophene rings is 1. The summed E-state index contributed by atoms with van der Waals surface area (Å²) < 4.78 is 0.911. The van der Waals surface area contributed by atoms with Gasteiger partial charge in [0.15, 0.2) is 0 Å². The molecule has 1 heterocycles. The van der Waals surface area contributed by atoms with Gasteiger partial charge in [-0.25, -0.2) is 0 Å². The summed E-state index contributed by atoms with van der Waals surface area (Å²) in [7, 11) is 0. The number of hydrogen-bond acceptors (Lipinski definition) is 2. The van der Waals surface area contributed by atoms with E-state index >= 15 is 0 Å². The van der Waals surface area contributed by atoms with Crippen LogP contribution in [0.5, 0.6) is 0 Å². The molecular formula is C13H12BrNOS. The molecule has 1 N–H and O–H groups in total. The molecule has 1 atom stereocenters. The zero-order valence-corrected chi connectivity index (χ0v) is 11.7. The van der Waals surface area contributed by atoms with E-state index in [1.165, 1.54) is 0 Å². The summed E-state index contributed by atoms with van der Waals surface area (Å²) in [6.45, 7) is 1.99. The quantitative estimate of drug-likeness (QED) is 0.912. The highest BCUT2D eigenvalue weighted by atomic mass is 79.9. The number of benzene rings is 1. The molecule has 0 saturated heterocycles. The minimum atomic E-state index is -0.0489. The van der Waals surface area contributed by atoms with E-state index in [1.54, 1.807) is 17.4 Å². The first-order valence-corrected chi connectivity index (χ1v) is 6.94. The van der Waals surface area contributed by atoms with Crippen LogP contribution in [0.4, 0.5) is 0 Å². The molecule has 0 radical (unpaired) electrons. The van der Waals surface area contributed by atoms with Crippen LogP contribution in [-0.4, -0.2) is 5.91 Å². The smallest absolute Gasteiger partial charge is 0.251 e. The van der Waals surface area contributed by atoms with Crippen molar-refractivity contribution in [2.24, 2.45) is 0 Å². The molecule has 2 nitrogen and oxygen atoms in total. The summed E-state index contributed by atoms with van der Waals surface area (Å²) in [5.41, 5.74) is 0.669. The van der Waals surface area contributed by atoms with Crippen molar-refractivity contribution in [3.63, 3.8) is 0 Å². The summed E-state index contributed by atoms with van der Waals surface area (Å²) in [5.74, 6) is -0.0489. The molecule has 17 heavy (non-hydrogen) atoms. The highest BCUT2D eigenvalue weighted by Crippen LogP contribution is 2.19. The van der Waals surface area contributed by atoms with Crippen molar-refractivity contribution in [1.29, 1.82) is 0 Å². The monoisotopic (exact) mass is 309 g/mol. The van der Waals surface area contributed by atoms with Gasteiger partial charge in [-0.3, -0.25) is 4.79 Å². The Morgan fingerprint density at radius 1 is 1.35 bits per heavy atom. The van der Waals surface area contributed by atoms with E-state index in [-0.39, 0.29) is 11.9 Å². The van der Waals surface area contributed by atoms with E-state index in [1.807, 2.05) is 42.6 Å². The van der Waals surface area contributed by atoms with E-state index in [4.69, 9.17) is 0 Å². The molecule has 1 amide bonds. The summed E-state index contributed by atoms with van der Waals surface area (Å²) in [6.07, 6.45) is 0. The maximum absolute atomic E-state index is 12.0. The summed E-state index contributed by atoms with van der Waals surface area (Å²) in [4.78, 5) is 13.1. The Hall–Kier alpha value is -1.13. The summed E-state index contributed by atoms with van der Waals surface area (Å²) in [6, 6.07) is 11.4. The Labute approximate surface area is 113 Å². The second kappa shape index (κ2) is 5.47. The molecule has 88 valence electrons. The van der Waals surface area contributed by atoms with Crippen LogP contribution in [0.25, 0.3) is 0 Å². The minimum Gasteiger partial charge on any atom is -0.345 e. The maximum atomic E-state index is 12.0. The van der Waals surface area contributed by atoms with Crippen LogP contribution in [0.3, 0.4) is 0 Å². The van der Waals surface area contributed by atoms with Crippen molar-refractivity contribution in [2.75, 3.05) is 0 Å². The number of amides is 1. The molecule has 0 bridgehead atoms. The average molecular weight is 310 g/mol. The lowest BCUT2D eigenvalue weighted by Gasteiger charge is -2.12. The highest BCUT2D eigenvalue weighted by molar-refractivity contribution is 9.10. The van der Waals surface area contributed by atoms with Gasteiger partial charge in [0.2, 0.25) is 0 Å². The SMILES string of the molecule is CC(NC(=O)c1cccc(Br)c1)c1cccs1. The molecule has 4 heteroatoms. The molecule has 0 aliphatic rings. The number of nitrogens with one attached hydrogen (secondary N) is 1. The van der Waals surface area contributed by atoms with Crippen LogP contribution in [0, 0.1) is 0 Å². The van der Waals surface area contributed by atoms with Gasteiger partial charge in [0.05, 0.1) is 6.04 Å². The lowest BCUT2D eigenvalue weighted by atomic mass is 10.2. The molecule has 1 unspecified atom stereocenters. The van der Waals surface area contributed by atoms with E-state index in [2.05, 4.69) is 21.2 Å². The van der Waals surface area contributed by atoms with E-state index < -0.39 is 0 Å². The Morgan fingerprint density at radius 2 is 2.18 bits per heavy atom. The standard InChI is InChI=1S/C13H12BrNOS/c1-9(12-6-3-7-17-12)15-13(16)10-4-2-5-11(14)8-10/h2-9H,1H3,(H,15,16). The molecule has 0 aliphatic heterocycles. The van der Waals surface area contributed by atoms with E-state index in [0.717, 1.165) is 9.35 Å². The number of hydrogen-bond donors (Lipinski definition) is 1. The number of carbonyl (C=O) groups excluding carboxylic acids is 1. The molecule has 2 rings (SSSR count). The van der Waals surface area contributed by atoms with Crippen molar-refractivity contribution in [3.05, 3.63) is 56.7 Å². The molecule has 0 saturated carbocycles. The second-order valence-electron chi connectivity index (χ2n) is 3.72. The van der Waals surface area contributed by atoms with Gasteiger partial charge in [0, 0.05) is 14.9 Å². The predicted octanol–water partition coefficient (Wildman–Crippen LogP) is 4.00. The van der Waals surface area contributed by atoms with Crippen LogP contribution in [0.1, 0.15) is 28.2 Å². The normalized spacial score (nSPS) is 12.1. The first-order chi connectivity index (χ1) is 8.16. The van der Waals surface area contributed by atoms with Crippen molar-refractivity contribution < 1.29 is 4.79 Å². The fourth-order valence-electron chi connectivity index (χ4n) is 1.52. The lowest BCUT2D eigenvalue weighted by Crippen LogP contribution is -2.26. The van der Waals surface area contributed by atoms with Gasteiger partial charge >= 0.3 is 0 Å². The number of carbonyl (C=O) groups is 1. The zero-order chi connectivity index (χ0) is 12.3. The van der Waals surface area contributed by atoms with Crippen LogP contribution in [0.2, 0.25) is 0 Å². The first-order valence-electron chi connectivity index (χ1n) is 5.26. The van der Waals surface area contributed by atoms with Gasteiger partial charge in [-0.05, 0) is 36.6 Å². The Kier molecular flexibility index (Phi) is 3.97. The molecular weight excluding hydrogens is 298 g/mol. The van der Waals surface area contributed by atoms with Crippen LogP contribution < -0.4 is 5.32 Å². The van der Waals surface area contributed by atoms with Crippen molar-refractivity contribution in [3.8, 4) is 0 Å². The zero-order valence-electron chi connectivity index (χ0n) is 9.31. The third-order valence-electron chi connectivity index (χ3n) is 2.40. The van der Waals surface area contributed by atoms with Gasteiger partial charge in [-0.1, -0.05) is 28.1 Å². The third kappa shape index (κ3) is 3.17. The van der Waals surface area contributed by atoms with Crippen molar-refractivity contribution >= 4 is 33.2 Å². The maximum Gasteiger partial charge on any atom is 0.251 e. The summed E-state index contributed by atoms with van der Waals surface area (Å²) >= 11 is 5.00. The van der Waals surface area contributed by atoms with Crippen LogP contribution in [0.15, 0.2) is 46.3 Å². The topological polar surface area (TPSA) is 29.1 Å². The van der Waals surface area contributed by atoms with Gasteiger partial charge in [-0.2, -0.15) is 0 Å². The van der Waals surface area contributed by atoms with Crippen LogP contribution in [-0.2, 0) is 0 Å². The molecule has 1 aromatic heterocycles. The Balaban J connectivity index is 2.07. The van der Waals surface area contributed by atoms with Crippen LogP contribution >= 0.6 is 27.3 Å². The minimum absolute atomic E-state index is 0.0430. The first kappa shape index (κ1) is 12.3. The average Bonchev–Trinajstić information content (AvgIpc) is 2.82. The van der Waals surface area contributed by atoms with Gasteiger partial charge in [0.1, 0.15) is 0 Å². The van der Waals surface area contributed by atoms with Crippen molar-refractivity contribution in [2.45, 2.75) is 13.0 Å². The predicted molar refractivity (Wildman–Crippen MR) is 74.3 cm³/mol. The van der Waals surface area contributed by atoms with E-state index in [9.17, 15) is 4.79 Å². The Morgan fingerprint density at radius 3 is 2.82 bits per heavy atom. The fraction of sp³-hybridized carbons (Fsp3) is 0.154. The largest absolute Gasteiger partial charge is 0.345 e. The molecule has 0 fully saturated rings. The van der Waals surface area contributed by atoms with Gasteiger partial charge in [-0.15, -0.1) is 11.3 Å². The van der Waals surface area contributed by atoms with Crippen molar-refractivity contribution in [1.82, 2.24) is 5.32 Å². The highest BCUT2D eigenvalue weighted by Gasteiger charge is 2.11. The summed E-state index contributed by atoms with van der Waals surface area (Å²) in [5, 5.41) is 4.99. The van der Waals surface area contributed by atoms with Gasteiger partial charge < -0.3 is 5.32 Å². The number of halogens is 1. The number of rotatable bonds is 3. The fourth-order valence-corrected chi connectivity index (χ4v) is 2.65.